The molecule has 36 heavy (non-hydrogen) atoms. The number of anilines is 1. The lowest BCUT2D eigenvalue weighted by molar-refractivity contribution is -0.159. The van der Waals surface area contributed by atoms with Crippen LogP contribution in [-0.4, -0.2) is 52.2 Å². The summed E-state index contributed by atoms with van der Waals surface area (Å²) in [6.45, 7) is 6.70. The number of benzene rings is 1. The van der Waals surface area contributed by atoms with Crippen LogP contribution in [0.5, 0.6) is 5.75 Å². The van der Waals surface area contributed by atoms with E-state index < -0.39 is 11.9 Å². The highest BCUT2D eigenvalue weighted by Crippen LogP contribution is 2.26. The number of nitrogens with two attached hydrogens (primary N) is 1. The summed E-state index contributed by atoms with van der Waals surface area (Å²) in [6.07, 6.45) is 0. The number of nitrogens with one attached hydrogen (secondary N) is 2. The quantitative estimate of drug-likeness (QED) is 0.128. The fourth-order valence-electron chi connectivity index (χ4n) is 2.76. The Hall–Kier alpha value is -4.39. The van der Waals surface area contributed by atoms with Gasteiger partial charge in [0.25, 0.3) is 0 Å². The van der Waals surface area contributed by atoms with Crippen molar-refractivity contribution in [1.29, 1.82) is 0 Å². The number of rotatable bonds is 8. The first kappa shape index (κ1) is 27.9. The summed E-state index contributed by atoms with van der Waals surface area (Å²) in [5.74, 6) is -1.32. The molecule has 1 amide bonds. The number of furan rings is 1. The summed E-state index contributed by atoms with van der Waals surface area (Å²) in [4.78, 5) is 37.9. The third-order valence-electron chi connectivity index (χ3n) is 4.38. The molecule has 6 N–H and O–H groups in total. The van der Waals surface area contributed by atoms with Crippen LogP contribution in [0.25, 0.3) is 11.5 Å². The highest BCUT2D eigenvalue weighted by Gasteiger charge is 2.10. The average molecular weight is 518 g/mol. The molecule has 12 nitrogen and oxygen atoms in total. The number of aliphatic imine (C=N–C) groups is 1. The van der Waals surface area contributed by atoms with Crippen LogP contribution >= 0.6 is 11.3 Å². The van der Waals surface area contributed by atoms with Gasteiger partial charge in [-0.25, -0.2) is 19.6 Å². The molecule has 0 spiro atoms. The van der Waals surface area contributed by atoms with Crippen LogP contribution in [0.15, 0.2) is 45.1 Å². The Morgan fingerprint density at radius 2 is 1.81 bits per heavy atom. The zero-order valence-electron chi connectivity index (χ0n) is 19.9. The molecule has 0 radical (unpaired) electrons. The molecule has 0 fully saturated rings. The van der Waals surface area contributed by atoms with E-state index in [1.54, 1.807) is 0 Å². The number of hydrogen-bond donors (Lipinski definition) is 5. The molecule has 0 unspecified atom stereocenters. The molecule has 0 aliphatic heterocycles. The third-order valence-corrected chi connectivity index (χ3v) is 5.13. The minimum Gasteiger partial charge on any atom is -0.491 e. The molecule has 2 heterocycles. The van der Waals surface area contributed by atoms with E-state index in [0.717, 1.165) is 16.9 Å². The van der Waals surface area contributed by atoms with Gasteiger partial charge in [-0.3, -0.25) is 4.79 Å². The topological polar surface area (TPSA) is 189 Å². The summed E-state index contributed by atoms with van der Waals surface area (Å²) in [5, 5.41) is 22.9. The Morgan fingerprint density at radius 3 is 2.42 bits per heavy atom. The number of ether oxygens (including phenoxy) is 1. The first-order valence-corrected chi connectivity index (χ1v) is 11.5. The first-order valence-electron chi connectivity index (χ1n) is 10.6. The summed E-state index contributed by atoms with van der Waals surface area (Å²) < 4.78 is 11.5. The Morgan fingerprint density at radius 1 is 1.14 bits per heavy atom. The monoisotopic (exact) mass is 517 g/mol. The lowest BCUT2D eigenvalue weighted by atomic mass is 10.1. The maximum atomic E-state index is 11.0. The standard InChI is InChI=1S/C21H25N5O3S.C2H2O4/c1-13-5-4-6-14(2)19(13)28-10-9-23-20(22)26-21-25-17(12-30-21)18-8-7-16(29-18)11-24-15(3)27;3-1(4)2(5)6/h4-8,12H,9-11H2,1-3H3,(H,24,27)(H3,22,23,25,26);(H,3,4)(H,5,6). The Kier molecular flexibility index (Phi) is 10.4. The van der Waals surface area contributed by atoms with Crippen LogP contribution in [0.1, 0.15) is 23.8 Å². The number of carbonyl (C=O) groups excluding carboxylic acids is 1. The number of nitrogens with zero attached hydrogens (tertiary/aromatic N) is 2. The fourth-order valence-corrected chi connectivity index (χ4v) is 3.46. The minimum absolute atomic E-state index is 0.109. The summed E-state index contributed by atoms with van der Waals surface area (Å²) in [7, 11) is 0. The van der Waals surface area contributed by atoms with Crippen molar-refractivity contribution in [2.75, 3.05) is 18.5 Å². The highest BCUT2D eigenvalue weighted by molar-refractivity contribution is 7.14. The molecule has 192 valence electrons. The average Bonchev–Trinajstić information content (AvgIpc) is 3.46. The van der Waals surface area contributed by atoms with E-state index in [1.165, 1.54) is 18.3 Å². The van der Waals surface area contributed by atoms with Crippen LogP contribution in [0.4, 0.5) is 5.13 Å². The number of carbonyl (C=O) groups is 3. The normalized spacial score (nSPS) is 10.7. The molecule has 0 saturated carbocycles. The predicted octanol–water partition coefficient (Wildman–Crippen LogP) is 2.62. The van der Waals surface area contributed by atoms with Crippen molar-refractivity contribution in [3.63, 3.8) is 0 Å². The molecule has 0 atom stereocenters. The van der Waals surface area contributed by atoms with Crippen molar-refractivity contribution < 1.29 is 33.8 Å². The van der Waals surface area contributed by atoms with Gasteiger partial charge in [-0.2, -0.15) is 0 Å². The minimum atomic E-state index is -1.82. The van der Waals surface area contributed by atoms with Crippen molar-refractivity contribution in [3.8, 4) is 17.2 Å². The summed E-state index contributed by atoms with van der Waals surface area (Å²) in [5.41, 5.74) is 8.83. The van der Waals surface area contributed by atoms with Crippen molar-refractivity contribution in [2.45, 2.75) is 27.3 Å². The number of hydrogen-bond acceptors (Lipinski definition) is 8. The Balaban J connectivity index is 0.000000678. The molecular formula is C23H27N5O7S. The van der Waals surface area contributed by atoms with Gasteiger partial charge in [-0.05, 0) is 37.1 Å². The van der Waals surface area contributed by atoms with Gasteiger partial charge in [0.2, 0.25) is 5.91 Å². The zero-order valence-corrected chi connectivity index (χ0v) is 20.7. The number of aryl methyl sites for hydroxylation is 2. The van der Waals surface area contributed by atoms with Gasteiger partial charge in [0.1, 0.15) is 23.8 Å². The van der Waals surface area contributed by atoms with E-state index in [2.05, 4.69) is 20.6 Å². The number of para-hydroxylation sites is 1. The van der Waals surface area contributed by atoms with Gasteiger partial charge >= 0.3 is 11.9 Å². The maximum Gasteiger partial charge on any atom is 0.414 e. The Bertz CT molecular complexity index is 1200. The van der Waals surface area contributed by atoms with Crippen molar-refractivity contribution in [1.82, 2.24) is 10.3 Å². The van der Waals surface area contributed by atoms with E-state index in [9.17, 15) is 4.79 Å². The maximum absolute atomic E-state index is 11.0. The Labute approximate surface area is 210 Å². The van der Waals surface area contributed by atoms with E-state index in [0.29, 0.717) is 42.0 Å². The number of carboxylic acid groups (broad SMARTS) is 2. The molecule has 0 saturated heterocycles. The second-order valence-electron chi connectivity index (χ2n) is 7.29. The summed E-state index contributed by atoms with van der Waals surface area (Å²) >= 11 is 1.40. The van der Waals surface area contributed by atoms with Crippen molar-refractivity contribution in [2.24, 2.45) is 10.7 Å². The summed E-state index contributed by atoms with van der Waals surface area (Å²) in [6, 6.07) is 9.67. The zero-order chi connectivity index (χ0) is 26.7. The second-order valence-corrected chi connectivity index (χ2v) is 8.14. The first-order chi connectivity index (χ1) is 17.1. The predicted molar refractivity (Wildman–Crippen MR) is 134 cm³/mol. The lowest BCUT2D eigenvalue weighted by Crippen LogP contribution is -2.23. The van der Waals surface area contributed by atoms with Gasteiger partial charge in [-0.15, -0.1) is 11.3 Å². The van der Waals surface area contributed by atoms with E-state index in [4.69, 9.17) is 34.7 Å². The number of thiazole rings is 1. The molecule has 1 aromatic carbocycles. The van der Waals surface area contributed by atoms with Gasteiger partial charge < -0.3 is 35.7 Å². The van der Waals surface area contributed by atoms with Crippen LogP contribution in [0, 0.1) is 13.8 Å². The van der Waals surface area contributed by atoms with Gasteiger partial charge in [0.05, 0.1) is 13.1 Å². The molecule has 13 heteroatoms. The number of guanidine groups is 1. The second kappa shape index (κ2) is 13.5. The molecule has 0 aliphatic rings. The van der Waals surface area contributed by atoms with Crippen LogP contribution in [0.3, 0.4) is 0 Å². The third kappa shape index (κ3) is 9.10. The smallest absolute Gasteiger partial charge is 0.414 e. The SMILES string of the molecule is CC(=O)NCc1ccc(-c2csc(NC(N)=NCCOc3c(C)cccc3C)n2)o1.O=C(O)C(=O)O. The molecule has 3 aromatic rings. The molecular weight excluding hydrogens is 490 g/mol. The number of aromatic nitrogens is 1. The van der Waals surface area contributed by atoms with E-state index in [-0.39, 0.29) is 11.9 Å². The number of amides is 1. The van der Waals surface area contributed by atoms with Gasteiger partial charge in [0.15, 0.2) is 16.9 Å². The van der Waals surface area contributed by atoms with Crippen LogP contribution < -0.4 is 21.1 Å². The molecule has 2 aromatic heterocycles. The van der Waals surface area contributed by atoms with E-state index >= 15 is 0 Å². The van der Waals surface area contributed by atoms with Crippen molar-refractivity contribution >= 4 is 40.3 Å². The fraction of sp³-hybridized carbons (Fsp3) is 0.261. The highest BCUT2D eigenvalue weighted by atomic mass is 32.1. The largest absolute Gasteiger partial charge is 0.491 e. The van der Waals surface area contributed by atoms with Crippen LogP contribution in [0.2, 0.25) is 0 Å². The number of carboxylic acids is 2. The molecule has 0 bridgehead atoms. The van der Waals surface area contributed by atoms with E-state index in [1.807, 2.05) is 49.6 Å². The lowest BCUT2D eigenvalue weighted by Gasteiger charge is -2.10. The molecule has 0 aliphatic carbocycles. The number of aliphatic carboxylic acids is 2. The van der Waals surface area contributed by atoms with Gasteiger partial charge in [-0.1, -0.05) is 18.2 Å². The van der Waals surface area contributed by atoms with Crippen LogP contribution in [-0.2, 0) is 20.9 Å². The molecule has 3 rings (SSSR count). The van der Waals surface area contributed by atoms with Crippen molar-refractivity contribution in [3.05, 3.63) is 52.6 Å². The van der Waals surface area contributed by atoms with Gasteiger partial charge in [0, 0.05) is 12.3 Å².